The highest BCUT2D eigenvalue weighted by Crippen LogP contribution is 2.09. The number of aromatic amines is 1. The average Bonchev–Trinajstić information content (AvgIpc) is 2.19. The zero-order chi connectivity index (χ0) is 11.9. The van der Waals surface area contributed by atoms with E-state index in [1.165, 1.54) is 25.1 Å². The molecule has 84 valence electrons. The van der Waals surface area contributed by atoms with Gasteiger partial charge in [-0.1, -0.05) is 6.07 Å². The van der Waals surface area contributed by atoms with Crippen LogP contribution < -0.4 is 17.0 Å². The highest BCUT2D eigenvalue weighted by Gasteiger charge is 2.12. The van der Waals surface area contributed by atoms with E-state index >= 15 is 0 Å². The summed E-state index contributed by atoms with van der Waals surface area (Å²) >= 11 is 0. The molecule has 0 aliphatic rings. The first kappa shape index (κ1) is 10.6. The molecule has 0 aliphatic heterocycles. The number of nitrogens with zero attached hydrogens (tertiary/aromatic N) is 1. The summed E-state index contributed by atoms with van der Waals surface area (Å²) in [6, 6.07) is 4.02. The zero-order valence-electron chi connectivity index (χ0n) is 8.53. The Morgan fingerprint density at radius 2 is 2.12 bits per heavy atom. The maximum atomic E-state index is 13.3. The molecule has 16 heavy (non-hydrogen) atoms. The van der Waals surface area contributed by atoms with E-state index in [-0.39, 0.29) is 10.9 Å². The SMILES string of the molecule is CC(N)n1c(=O)[nH]c2c(F)cccc2c1=O. The van der Waals surface area contributed by atoms with Crippen molar-refractivity contribution in [3.8, 4) is 0 Å². The van der Waals surface area contributed by atoms with Crippen molar-refractivity contribution >= 4 is 10.9 Å². The Hall–Kier alpha value is -1.95. The van der Waals surface area contributed by atoms with Crippen molar-refractivity contribution in [1.29, 1.82) is 0 Å². The molecule has 0 amide bonds. The van der Waals surface area contributed by atoms with Crippen molar-refractivity contribution in [2.75, 3.05) is 0 Å². The Kier molecular flexibility index (Phi) is 2.35. The van der Waals surface area contributed by atoms with E-state index in [0.29, 0.717) is 0 Å². The number of fused-ring (bicyclic) bond motifs is 1. The van der Waals surface area contributed by atoms with Crippen LogP contribution in [0.2, 0.25) is 0 Å². The predicted octanol–water partition coefficient (Wildman–Crippen LogP) is 0.306. The zero-order valence-corrected chi connectivity index (χ0v) is 8.53. The summed E-state index contributed by atoms with van der Waals surface area (Å²) in [6.45, 7) is 1.50. The Balaban J connectivity index is 3.01. The van der Waals surface area contributed by atoms with Crippen LogP contribution in [-0.4, -0.2) is 9.55 Å². The Morgan fingerprint density at radius 1 is 1.44 bits per heavy atom. The number of halogens is 1. The first-order valence-corrected chi connectivity index (χ1v) is 4.71. The van der Waals surface area contributed by atoms with Crippen molar-refractivity contribution in [2.45, 2.75) is 13.1 Å². The van der Waals surface area contributed by atoms with Gasteiger partial charge < -0.3 is 10.7 Å². The van der Waals surface area contributed by atoms with Gasteiger partial charge >= 0.3 is 5.69 Å². The number of rotatable bonds is 1. The Morgan fingerprint density at radius 3 is 2.75 bits per heavy atom. The lowest BCUT2D eigenvalue weighted by Gasteiger charge is -2.09. The van der Waals surface area contributed by atoms with Gasteiger partial charge in [0.05, 0.1) is 17.1 Å². The first-order chi connectivity index (χ1) is 7.52. The summed E-state index contributed by atoms with van der Waals surface area (Å²) in [5, 5.41) is 0.108. The molecular weight excluding hydrogens is 213 g/mol. The monoisotopic (exact) mass is 223 g/mol. The lowest BCUT2D eigenvalue weighted by molar-refractivity contribution is 0.526. The Bertz CT molecular complexity index is 657. The van der Waals surface area contributed by atoms with Crippen LogP contribution in [0.3, 0.4) is 0 Å². The van der Waals surface area contributed by atoms with E-state index in [2.05, 4.69) is 4.98 Å². The van der Waals surface area contributed by atoms with Gasteiger partial charge in [-0.3, -0.25) is 4.79 Å². The molecule has 0 fully saturated rings. The van der Waals surface area contributed by atoms with Crippen molar-refractivity contribution in [1.82, 2.24) is 9.55 Å². The molecule has 1 unspecified atom stereocenters. The summed E-state index contributed by atoms with van der Waals surface area (Å²) in [5.74, 6) is -0.636. The second kappa shape index (κ2) is 3.57. The van der Waals surface area contributed by atoms with E-state index in [0.717, 1.165) is 4.57 Å². The van der Waals surface area contributed by atoms with E-state index in [4.69, 9.17) is 5.73 Å². The summed E-state index contributed by atoms with van der Waals surface area (Å²) < 4.78 is 14.2. The number of nitrogens with one attached hydrogen (secondary N) is 1. The van der Waals surface area contributed by atoms with E-state index in [1.54, 1.807) is 0 Å². The largest absolute Gasteiger partial charge is 0.330 e. The van der Waals surface area contributed by atoms with E-state index < -0.39 is 23.2 Å². The molecule has 0 radical (unpaired) electrons. The van der Waals surface area contributed by atoms with Crippen LogP contribution in [0, 0.1) is 5.82 Å². The third-order valence-electron chi connectivity index (χ3n) is 2.32. The second-order valence-electron chi connectivity index (χ2n) is 3.51. The topological polar surface area (TPSA) is 80.9 Å². The molecule has 0 bridgehead atoms. The second-order valence-corrected chi connectivity index (χ2v) is 3.51. The van der Waals surface area contributed by atoms with Gasteiger partial charge in [0.2, 0.25) is 0 Å². The number of aromatic nitrogens is 2. The minimum Gasteiger partial charge on any atom is -0.311 e. The van der Waals surface area contributed by atoms with Crippen LogP contribution >= 0.6 is 0 Å². The fourth-order valence-electron chi connectivity index (χ4n) is 1.59. The molecule has 1 atom stereocenters. The highest BCUT2D eigenvalue weighted by atomic mass is 19.1. The van der Waals surface area contributed by atoms with Gasteiger partial charge in [-0.05, 0) is 19.1 Å². The van der Waals surface area contributed by atoms with Gasteiger partial charge in [0.15, 0.2) is 0 Å². The summed E-state index contributed by atoms with van der Waals surface area (Å²) in [7, 11) is 0. The summed E-state index contributed by atoms with van der Waals surface area (Å²) in [4.78, 5) is 25.6. The molecule has 0 spiro atoms. The quantitative estimate of drug-likeness (QED) is 0.729. The minimum absolute atomic E-state index is 0.0885. The summed E-state index contributed by atoms with van der Waals surface area (Å²) in [6.07, 6.45) is -0.760. The molecule has 0 aliphatic carbocycles. The highest BCUT2D eigenvalue weighted by molar-refractivity contribution is 5.77. The first-order valence-electron chi connectivity index (χ1n) is 4.71. The van der Waals surface area contributed by atoms with Crippen LogP contribution in [0.5, 0.6) is 0 Å². The van der Waals surface area contributed by atoms with Crippen LogP contribution in [-0.2, 0) is 0 Å². The van der Waals surface area contributed by atoms with Crippen molar-refractivity contribution in [3.63, 3.8) is 0 Å². The van der Waals surface area contributed by atoms with Crippen LogP contribution in [0.1, 0.15) is 13.1 Å². The van der Waals surface area contributed by atoms with Crippen molar-refractivity contribution < 1.29 is 4.39 Å². The Labute approximate surface area is 89.3 Å². The molecule has 1 aromatic carbocycles. The fraction of sp³-hybridized carbons (Fsp3) is 0.200. The van der Waals surface area contributed by atoms with E-state index in [1.807, 2.05) is 0 Å². The lowest BCUT2D eigenvalue weighted by Crippen LogP contribution is -2.40. The molecular formula is C10H10FN3O2. The average molecular weight is 223 g/mol. The molecule has 2 aromatic rings. The van der Waals surface area contributed by atoms with Crippen molar-refractivity contribution in [2.24, 2.45) is 5.73 Å². The number of hydrogen-bond donors (Lipinski definition) is 2. The number of nitrogens with two attached hydrogens (primary N) is 1. The normalized spacial score (nSPS) is 12.9. The van der Waals surface area contributed by atoms with Gasteiger partial charge in [-0.2, -0.15) is 0 Å². The molecule has 1 aromatic heterocycles. The van der Waals surface area contributed by atoms with Crippen LogP contribution in [0.4, 0.5) is 4.39 Å². The van der Waals surface area contributed by atoms with Gasteiger partial charge in [0, 0.05) is 0 Å². The third-order valence-corrected chi connectivity index (χ3v) is 2.32. The molecule has 6 heteroatoms. The molecule has 5 nitrogen and oxygen atoms in total. The summed E-state index contributed by atoms with van der Waals surface area (Å²) in [5.41, 5.74) is 4.11. The molecule has 1 heterocycles. The van der Waals surface area contributed by atoms with E-state index in [9.17, 15) is 14.0 Å². The van der Waals surface area contributed by atoms with Gasteiger partial charge in [0.1, 0.15) is 5.82 Å². The van der Waals surface area contributed by atoms with Gasteiger partial charge in [-0.15, -0.1) is 0 Å². The lowest BCUT2D eigenvalue weighted by atomic mass is 10.2. The van der Waals surface area contributed by atoms with Crippen LogP contribution in [0.15, 0.2) is 27.8 Å². The van der Waals surface area contributed by atoms with Gasteiger partial charge in [-0.25, -0.2) is 13.8 Å². The van der Waals surface area contributed by atoms with Crippen molar-refractivity contribution in [3.05, 3.63) is 44.9 Å². The molecule has 2 rings (SSSR count). The predicted molar refractivity (Wildman–Crippen MR) is 57.7 cm³/mol. The van der Waals surface area contributed by atoms with Crippen LogP contribution in [0.25, 0.3) is 10.9 Å². The number of benzene rings is 1. The smallest absolute Gasteiger partial charge is 0.311 e. The standard InChI is InChI=1S/C10H10FN3O2/c1-5(12)14-9(15)6-3-2-4-7(11)8(6)13-10(14)16/h2-5H,12H2,1H3,(H,13,16). The third kappa shape index (κ3) is 1.43. The molecule has 0 saturated carbocycles. The molecule has 3 N–H and O–H groups in total. The number of H-pyrrole nitrogens is 1. The fourth-order valence-corrected chi connectivity index (χ4v) is 1.59. The van der Waals surface area contributed by atoms with Gasteiger partial charge in [0.25, 0.3) is 5.56 Å². The number of para-hydroxylation sites is 1. The maximum Gasteiger partial charge on any atom is 0.330 e. The minimum atomic E-state index is -0.760. The maximum absolute atomic E-state index is 13.3. The molecule has 0 saturated heterocycles. The number of hydrogen-bond acceptors (Lipinski definition) is 3.